The summed E-state index contributed by atoms with van der Waals surface area (Å²) in [5, 5.41) is 14.1. The number of methoxy groups -OCH3 is 1. The van der Waals surface area contributed by atoms with Crippen LogP contribution in [0.1, 0.15) is 43.5 Å². The zero-order chi connectivity index (χ0) is 31.8. The Balaban J connectivity index is 1.63. The maximum absolute atomic E-state index is 14.6. The highest BCUT2D eigenvalue weighted by Crippen LogP contribution is 2.43. The van der Waals surface area contributed by atoms with E-state index in [0.717, 1.165) is 10.8 Å². The van der Waals surface area contributed by atoms with E-state index in [9.17, 15) is 27.5 Å². The summed E-state index contributed by atoms with van der Waals surface area (Å²) in [6.45, 7) is 3.16. The molecule has 2 heterocycles. The molecule has 12 heteroatoms. The number of nitrogen functional groups attached to an aromatic ring is 1. The first-order valence-electron chi connectivity index (χ1n) is 14.0. The third kappa shape index (κ3) is 5.64. The Morgan fingerprint density at radius 1 is 1.11 bits per heavy atom. The van der Waals surface area contributed by atoms with Crippen molar-refractivity contribution in [2.45, 2.75) is 42.5 Å². The fourth-order valence-corrected chi connectivity index (χ4v) is 6.98. The topological polar surface area (TPSA) is 152 Å². The number of aromatic nitrogens is 1. The number of carbonyl (C=O) groups is 2. The third-order valence-corrected chi connectivity index (χ3v) is 10.3. The summed E-state index contributed by atoms with van der Waals surface area (Å²) >= 11 is 0. The monoisotopic (exact) mass is 620 g/mol. The van der Waals surface area contributed by atoms with E-state index in [1.54, 1.807) is 62.5 Å². The van der Waals surface area contributed by atoms with Crippen molar-refractivity contribution in [1.82, 2.24) is 9.88 Å². The Bertz CT molecular complexity index is 1850. The average molecular weight is 621 g/mol. The Morgan fingerprint density at radius 3 is 2.57 bits per heavy atom. The highest BCUT2D eigenvalue weighted by molar-refractivity contribution is 7.92. The van der Waals surface area contributed by atoms with Crippen LogP contribution in [0, 0.1) is 11.7 Å². The molecular formula is C32H33FN4O6S. The minimum Gasteiger partial charge on any atom is -0.494 e. The number of nitrogens with zero attached hydrogens (tertiary/aromatic N) is 2. The van der Waals surface area contributed by atoms with Crippen molar-refractivity contribution in [1.29, 1.82) is 0 Å². The second-order valence-electron chi connectivity index (χ2n) is 10.9. The number of hydrogen-bond donors (Lipinski definition) is 3. The van der Waals surface area contributed by atoms with Crippen molar-refractivity contribution < 1.29 is 32.2 Å². The molecule has 44 heavy (non-hydrogen) atoms. The standard InChI is InChI=1S/C32H33FN4O6S/c1-18(2)44(41,42)27-7-5-4-6-23(27)29-24(32(39)40)13-15-37(29)31(38)28(20-8-11-25(33)26(17-20)43-3)36-21-9-10-22-19(16-21)12-14-35-30(22)34/h4-12,14,16-18,24,28-29,36H,13,15H2,1-3H3,(H2,34,35)(H,39,40)/t24-,28-,29-/m1/s1. The van der Waals surface area contributed by atoms with E-state index in [1.165, 1.54) is 36.3 Å². The largest absolute Gasteiger partial charge is 0.494 e. The predicted molar refractivity (Wildman–Crippen MR) is 164 cm³/mol. The number of fused-ring (bicyclic) bond motifs is 1. The van der Waals surface area contributed by atoms with Crippen LogP contribution in [-0.4, -0.2) is 54.2 Å². The van der Waals surface area contributed by atoms with Crippen molar-refractivity contribution in [2.75, 3.05) is 24.7 Å². The number of nitrogens with one attached hydrogen (secondary N) is 1. The number of ether oxygens (including phenoxy) is 1. The lowest BCUT2D eigenvalue weighted by Gasteiger charge is -2.32. The first kappa shape index (κ1) is 30.7. The Morgan fingerprint density at radius 2 is 1.86 bits per heavy atom. The molecule has 3 atom stereocenters. The van der Waals surface area contributed by atoms with Crippen molar-refractivity contribution >= 4 is 44.0 Å². The number of aliphatic carboxylic acids is 1. The number of benzene rings is 3. The average Bonchev–Trinajstić information content (AvgIpc) is 3.45. The normalized spacial score (nSPS) is 17.5. The molecule has 5 rings (SSSR count). The van der Waals surface area contributed by atoms with Crippen LogP contribution < -0.4 is 15.8 Å². The van der Waals surface area contributed by atoms with Crippen LogP contribution in [0.2, 0.25) is 0 Å². The molecular weight excluding hydrogens is 587 g/mol. The zero-order valence-corrected chi connectivity index (χ0v) is 25.2. The molecule has 1 aliphatic rings. The summed E-state index contributed by atoms with van der Waals surface area (Å²) in [6, 6.07) is 15.1. The van der Waals surface area contributed by atoms with Crippen LogP contribution in [-0.2, 0) is 19.4 Å². The predicted octanol–water partition coefficient (Wildman–Crippen LogP) is 4.97. The number of rotatable bonds is 9. The Hall–Kier alpha value is -4.71. The minimum atomic E-state index is -3.82. The maximum atomic E-state index is 14.6. The van der Waals surface area contributed by atoms with E-state index < -0.39 is 50.8 Å². The van der Waals surface area contributed by atoms with E-state index >= 15 is 0 Å². The molecule has 10 nitrogen and oxygen atoms in total. The lowest BCUT2D eigenvalue weighted by molar-refractivity contribution is -0.143. The summed E-state index contributed by atoms with van der Waals surface area (Å²) in [4.78, 5) is 32.5. The first-order valence-corrected chi connectivity index (χ1v) is 15.6. The molecule has 3 aromatic carbocycles. The smallest absolute Gasteiger partial charge is 0.309 e. The number of anilines is 2. The summed E-state index contributed by atoms with van der Waals surface area (Å²) in [7, 11) is -2.51. The highest BCUT2D eigenvalue weighted by Gasteiger charge is 2.46. The number of likely N-dealkylation sites (tertiary alicyclic amines) is 1. The number of nitrogens with two attached hydrogens (primary N) is 1. The SMILES string of the molecule is COc1cc([C@@H](Nc2ccc3c(N)nccc3c2)C(=O)N2CC[C@@H](C(=O)O)[C@H]2c2ccccc2S(=O)(=O)C(C)C)ccc1F. The number of hydrogen-bond acceptors (Lipinski definition) is 8. The van der Waals surface area contributed by atoms with E-state index in [1.807, 2.05) is 0 Å². The molecule has 0 radical (unpaired) electrons. The molecule has 1 saturated heterocycles. The van der Waals surface area contributed by atoms with Crippen LogP contribution in [0.25, 0.3) is 10.8 Å². The second kappa shape index (κ2) is 12.1. The van der Waals surface area contributed by atoms with Gasteiger partial charge in [0.05, 0.1) is 29.2 Å². The van der Waals surface area contributed by atoms with Gasteiger partial charge in [-0.1, -0.05) is 24.3 Å². The summed E-state index contributed by atoms with van der Waals surface area (Å²) < 4.78 is 46.4. The molecule has 4 aromatic rings. The molecule has 230 valence electrons. The first-order chi connectivity index (χ1) is 20.9. The van der Waals surface area contributed by atoms with Crippen LogP contribution in [0.15, 0.2) is 77.8 Å². The van der Waals surface area contributed by atoms with E-state index in [2.05, 4.69) is 10.3 Å². The molecule has 0 spiro atoms. The minimum absolute atomic E-state index is 0.0142. The number of carboxylic acid groups (broad SMARTS) is 1. The van der Waals surface area contributed by atoms with Gasteiger partial charge >= 0.3 is 5.97 Å². The van der Waals surface area contributed by atoms with E-state index in [-0.39, 0.29) is 29.2 Å². The number of amides is 1. The number of carbonyl (C=O) groups excluding carboxylic acids is 1. The second-order valence-corrected chi connectivity index (χ2v) is 13.4. The summed E-state index contributed by atoms with van der Waals surface area (Å²) in [5.74, 6) is -3.06. The lowest BCUT2D eigenvalue weighted by Crippen LogP contribution is -2.40. The van der Waals surface area contributed by atoms with Gasteiger partial charge in [-0.05, 0) is 79.2 Å². The van der Waals surface area contributed by atoms with Crippen molar-refractivity contribution in [3.8, 4) is 5.75 Å². The number of sulfone groups is 1. The summed E-state index contributed by atoms with van der Waals surface area (Å²) in [5.41, 5.74) is 7.16. The van der Waals surface area contributed by atoms with Gasteiger partial charge in [0.25, 0.3) is 0 Å². The van der Waals surface area contributed by atoms with E-state index in [4.69, 9.17) is 10.5 Å². The van der Waals surface area contributed by atoms with Gasteiger partial charge < -0.3 is 25.8 Å². The molecule has 1 fully saturated rings. The molecule has 0 aliphatic carbocycles. The van der Waals surface area contributed by atoms with Crippen molar-refractivity contribution in [3.05, 3.63) is 89.9 Å². The van der Waals surface area contributed by atoms with Crippen LogP contribution >= 0.6 is 0 Å². The van der Waals surface area contributed by atoms with Gasteiger partial charge in [-0.3, -0.25) is 9.59 Å². The van der Waals surface area contributed by atoms with Gasteiger partial charge in [0, 0.05) is 23.8 Å². The molecule has 0 bridgehead atoms. The van der Waals surface area contributed by atoms with Gasteiger partial charge in [0.15, 0.2) is 21.4 Å². The Kier molecular flexibility index (Phi) is 8.46. The van der Waals surface area contributed by atoms with Crippen LogP contribution in [0.4, 0.5) is 15.9 Å². The lowest BCUT2D eigenvalue weighted by atomic mass is 9.93. The number of carboxylic acids is 1. The van der Waals surface area contributed by atoms with Crippen LogP contribution in [0.5, 0.6) is 5.75 Å². The maximum Gasteiger partial charge on any atom is 0.309 e. The molecule has 1 aliphatic heterocycles. The fourth-order valence-electron chi connectivity index (χ4n) is 5.69. The van der Waals surface area contributed by atoms with Crippen LogP contribution in [0.3, 0.4) is 0 Å². The number of pyridine rings is 1. The summed E-state index contributed by atoms with van der Waals surface area (Å²) in [6.07, 6.45) is 1.68. The van der Waals surface area contributed by atoms with E-state index in [0.29, 0.717) is 17.1 Å². The molecule has 4 N–H and O–H groups in total. The molecule has 1 aromatic heterocycles. The van der Waals surface area contributed by atoms with Gasteiger partial charge in [-0.2, -0.15) is 0 Å². The van der Waals surface area contributed by atoms with Gasteiger partial charge in [0.1, 0.15) is 11.9 Å². The molecule has 1 amide bonds. The molecule has 0 unspecified atom stereocenters. The van der Waals surface area contributed by atoms with Gasteiger partial charge in [0.2, 0.25) is 5.91 Å². The van der Waals surface area contributed by atoms with Crippen molar-refractivity contribution in [2.24, 2.45) is 5.92 Å². The zero-order valence-electron chi connectivity index (χ0n) is 24.4. The van der Waals surface area contributed by atoms with Gasteiger partial charge in [-0.15, -0.1) is 0 Å². The quantitative estimate of drug-likeness (QED) is 0.235. The highest BCUT2D eigenvalue weighted by atomic mass is 32.2. The fraction of sp³-hybridized carbons (Fsp3) is 0.281. The number of halogens is 1. The van der Waals surface area contributed by atoms with Gasteiger partial charge in [-0.25, -0.2) is 17.8 Å². The molecule has 0 saturated carbocycles. The Labute approximate surface area is 254 Å². The van der Waals surface area contributed by atoms with Crippen molar-refractivity contribution in [3.63, 3.8) is 0 Å². The third-order valence-electron chi connectivity index (χ3n) is 8.02.